The highest BCUT2D eigenvalue weighted by atomic mass is 32.2. The van der Waals surface area contributed by atoms with Gasteiger partial charge in [0, 0.05) is 5.41 Å². The lowest BCUT2D eigenvalue weighted by Gasteiger charge is -2.10. The lowest BCUT2D eigenvalue weighted by atomic mass is 9.96. The largest absolute Gasteiger partial charge is 0.346 e. The topological polar surface area (TPSA) is 114 Å². The average molecular weight is 290 g/mol. The molecule has 0 spiro atoms. The molecule has 2 N–H and O–H groups in total. The molecular formula is C10H18N4O4S. The minimum Gasteiger partial charge on any atom is -0.346 e. The molecule has 0 aliphatic heterocycles. The van der Waals surface area contributed by atoms with Crippen molar-refractivity contribution in [3.05, 3.63) is 11.7 Å². The van der Waals surface area contributed by atoms with E-state index in [1.165, 1.54) is 0 Å². The van der Waals surface area contributed by atoms with Crippen LogP contribution in [-0.2, 0) is 26.8 Å². The molecule has 9 heteroatoms. The number of rotatable bonds is 5. The van der Waals surface area contributed by atoms with Crippen molar-refractivity contribution in [2.45, 2.75) is 32.7 Å². The summed E-state index contributed by atoms with van der Waals surface area (Å²) in [6.45, 7) is 5.56. The van der Waals surface area contributed by atoms with E-state index in [0.29, 0.717) is 5.82 Å². The number of hydrogen-bond acceptors (Lipinski definition) is 6. The highest BCUT2D eigenvalue weighted by molar-refractivity contribution is 7.88. The molecule has 1 aromatic heterocycles. The summed E-state index contributed by atoms with van der Waals surface area (Å²) in [6, 6.07) is 0. The van der Waals surface area contributed by atoms with Gasteiger partial charge in [0.15, 0.2) is 5.82 Å². The van der Waals surface area contributed by atoms with Crippen molar-refractivity contribution in [1.82, 2.24) is 20.2 Å². The molecule has 1 aromatic rings. The van der Waals surface area contributed by atoms with Gasteiger partial charge >= 0.3 is 0 Å². The van der Waals surface area contributed by atoms with E-state index in [1.54, 1.807) is 0 Å². The molecule has 0 bridgehead atoms. The van der Waals surface area contributed by atoms with Crippen LogP contribution in [0.2, 0.25) is 0 Å². The van der Waals surface area contributed by atoms with Crippen molar-refractivity contribution in [3.8, 4) is 0 Å². The molecule has 0 aliphatic rings. The van der Waals surface area contributed by atoms with Gasteiger partial charge in [-0.2, -0.15) is 4.98 Å². The molecule has 8 nitrogen and oxygen atoms in total. The van der Waals surface area contributed by atoms with Crippen LogP contribution in [0, 0.1) is 0 Å². The summed E-state index contributed by atoms with van der Waals surface area (Å²) < 4.78 is 28.6. The van der Waals surface area contributed by atoms with E-state index in [4.69, 9.17) is 4.52 Å². The van der Waals surface area contributed by atoms with E-state index >= 15 is 0 Å². The van der Waals surface area contributed by atoms with Crippen LogP contribution < -0.4 is 10.0 Å². The van der Waals surface area contributed by atoms with E-state index in [0.717, 1.165) is 6.26 Å². The number of nitrogens with one attached hydrogen (secondary N) is 2. The molecule has 19 heavy (non-hydrogen) atoms. The Morgan fingerprint density at radius 2 is 2.00 bits per heavy atom. The van der Waals surface area contributed by atoms with Gasteiger partial charge in [-0.3, -0.25) is 4.79 Å². The number of carbonyl (C=O) groups is 1. The molecule has 0 fully saturated rings. The fraction of sp³-hybridized carbons (Fsp3) is 0.700. The number of aromatic nitrogens is 2. The summed E-state index contributed by atoms with van der Waals surface area (Å²) in [6.07, 6.45) is 0.980. The Kier molecular flexibility index (Phi) is 4.64. The molecule has 0 radical (unpaired) electrons. The minimum absolute atomic E-state index is 0.0629. The maximum Gasteiger partial charge on any atom is 0.246 e. The Morgan fingerprint density at radius 3 is 2.47 bits per heavy atom. The van der Waals surface area contributed by atoms with Gasteiger partial charge in [0.2, 0.25) is 21.8 Å². The van der Waals surface area contributed by atoms with Crippen LogP contribution in [0.5, 0.6) is 0 Å². The third-order valence-corrected chi connectivity index (χ3v) is 2.74. The summed E-state index contributed by atoms with van der Waals surface area (Å²) >= 11 is 0. The molecule has 0 atom stereocenters. The zero-order valence-corrected chi connectivity index (χ0v) is 12.2. The van der Waals surface area contributed by atoms with Crippen LogP contribution in [0.3, 0.4) is 0 Å². The fourth-order valence-electron chi connectivity index (χ4n) is 1.06. The number of sulfonamides is 1. The molecule has 0 unspecified atom stereocenters. The van der Waals surface area contributed by atoms with Crippen molar-refractivity contribution >= 4 is 15.9 Å². The summed E-state index contributed by atoms with van der Waals surface area (Å²) in [5.74, 6) is 0.351. The lowest BCUT2D eigenvalue weighted by molar-refractivity contribution is -0.120. The third kappa shape index (κ3) is 5.79. The molecule has 0 aromatic carbocycles. The maximum atomic E-state index is 11.3. The number of hydrogen-bond donors (Lipinski definition) is 2. The Labute approximate surface area is 112 Å². The highest BCUT2D eigenvalue weighted by Gasteiger charge is 2.21. The first-order valence-corrected chi connectivity index (χ1v) is 7.51. The lowest BCUT2D eigenvalue weighted by Crippen LogP contribution is -2.36. The van der Waals surface area contributed by atoms with E-state index in [-0.39, 0.29) is 24.4 Å². The third-order valence-electron chi connectivity index (χ3n) is 2.07. The first-order valence-electron chi connectivity index (χ1n) is 5.62. The Balaban J connectivity index is 2.45. The SMILES string of the molecule is CC(C)(C)c1noc(CNC(=O)CNS(C)(=O)=O)n1. The van der Waals surface area contributed by atoms with Gasteiger partial charge in [-0.25, -0.2) is 13.1 Å². The monoisotopic (exact) mass is 290 g/mol. The van der Waals surface area contributed by atoms with Crippen LogP contribution in [-0.4, -0.2) is 37.3 Å². The predicted octanol–water partition coefficient (Wildman–Crippen LogP) is -0.467. The minimum atomic E-state index is -3.38. The summed E-state index contributed by atoms with van der Waals surface area (Å²) in [5, 5.41) is 6.28. The van der Waals surface area contributed by atoms with Crippen LogP contribution >= 0.6 is 0 Å². The van der Waals surface area contributed by atoms with E-state index in [1.807, 2.05) is 20.8 Å². The summed E-state index contributed by atoms with van der Waals surface area (Å²) in [7, 11) is -3.38. The standard InChI is InChI=1S/C10H18N4O4S/c1-10(2,3)9-13-8(18-14-9)6-11-7(15)5-12-19(4,16)17/h12H,5-6H2,1-4H3,(H,11,15). The van der Waals surface area contributed by atoms with Gasteiger partial charge in [-0.1, -0.05) is 25.9 Å². The molecule has 0 saturated carbocycles. The first kappa shape index (κ1) is 15.6. The van der Waals surface area contributed by atoms with E-state index in [9.17, 15) is 13.2 Å². The Bertz CT molecular complexity index is 544. The van der Waals surface area contributed by atoms with Gasteiger partial charge in [0.25, 0.3) is 0 Å². The van der Waals surface area contributed by atoms with Crippen LogP contribution in [0.25, 0.3) is 0 Å². The van der Waals surface area contributed by atoms with Gasteiger partial charge in [0.1, 0.15) is 0 Å². The van der Waals surface area contributed by atoms with Crippen LogP contribution in [0.1, 0.15) is 32.5 Å². The smallest absolute Gasteiger partial charge is 0.246 e. The van der Waals surface area contributed by atoms with E-state index in [2.05, 4.69) is 20.2 Å². The van der Waals surface area contributed by atoms with Gasteiger partial charge in [-0.05, 0) is 0 Å². The second-order valence-electron chi connectivity index (χ2n) is 5.13. The molecule has 1 heterocycles. The van der Waals surface area contributed by atoms with E-state index < -0.39 is 15.9 Å². The average Bonchev–Trinajstić information content (AvgIpc) is 2.70. The molecule has 0 aliphatic carbocycles. The van der Waals surface area contributed by atoms with Crippen LogP contribution in [0.4, 0.5) is 0 Å². The second kappa shape index (κ2) is 5.66. The van der Waals surface area contributed by atoms with Crippen molar-refractivity contribution in [1.29, 1.82) is 0 Å². The number of nitrogens with zero attached hydrogens (tertiary/aromatic N) is 2. The first-order chi connectivity index (χ1) is 8.58. The van der Waals surface area contributed by atoms with Crippen molar-refractivity contribution in [3.63, 3.8) is 0 Å². The second-order valence-corrected chi connectivity index (χ2v) is 6.96. The van der Waals surface area contributed by atoms with Gasteiger partial charge in [0.05, 0.1) is 19.3 Å². The quantitative estimate of drug-likeness (QED) is 0.758. The molecule has 1 amide bonds. The summed E-state index contributed by atoms with van der Waals surface area (Å²) in [5.41, 5.74) is -0.233. The molecule has 108 valence electrons. The van der Waals surface area contributed by atoms with Crippen molar-refractivity contribution in [2.75, 3.05) is 12.8 Å². The number of carbonyl (C=O) groups excluding carboxylic acids is 1. The Hall–Kier alpha value is -1.48. The zero-order valence-electron chi connectivity index (χ0n) is 11.3. The number of amides is 1. The predicted molar refractivity (Wildman–Crippen MR) is 67.7 cm³/mol. The Morgan fingerprint density at radius 1 is 1.37 bits per heavy atom. The normalized spacial score (nSPS) is 12.4. The zero-order chi connectivity index (χ0) is 14.7. The van der Waals surface area contributed by atoms with Crippen molar-refractivity contribution in [2.24, 2.45) is 0 Å². The van der Waals surface area contributed by atoms with Crippen molar-refractivity contribution < 1.29 is 17.7 Å². The molecule has 1 rings (SSSR count). The maximum absolute atomic E-state index is 11.3. The summed E-state index contributed by atoms with van der Waals surface area (Å²) in [4.78, 5) is 15.5. The molecular weight excluding hydrogens is 272 g/mol. The van der Waals surface area contributed by atoms with Gasteiger partial charge < -0.3 is 9.84 Å². The fourth-order valence-corrected chi connectivity index (χ4v) is 1.46. The highest BCUT2D eigenvalue weighted by Crippen LogP contribution is 2.18. The molecule has 0 saturated heterocycles. The van der Waals surface area contributed by atoms with Gasteiger partial charge in [-0.15, -0.1) is 0 Å². The van der Waals surface area contributed by atoms with Crippen LogP contribution in [0.15, 0.2) is 4.52 Å².